The molecule has 108 valence electrons. The van der Waals surface area contributed by atoms with Crippen LogP contribution in [0.15, 0.2) is 6.33 Å². The summed E-state index contributed by atoms with van der Waals surface area (Å²) in [5.41, 5.74) is 0. The molecule has 1 aromatic heterocycles. The van der Waals surface area contributed by atoms with Gasteiger partial charge in [0.1, 0.15) is 12.2 Å². The molecule has 0 radical (unpaired) electrons. The molecule has 1 aromatic rings. The molecule has 1 fully saturated rings. The van der Waals surface area contributed by atoms with E-state index < -0.39 is 0 Å². The van der Waals surface area contributed by atoms with Crippen molar-refractivity contribution in [3.8, 4) is 0 Å². The van der Waals surface area contributed by atoms with E-state index in [1.165, 1.54) is 0 Å². The van der Waals surface area contributed by atoms with Gasteiger partial charge in [-0.15, -0.1) is 0 Å². The van der Waals surface area contributed by atoms with Crippen LogP contribution in [0.4, 0.5) is 0 Å². The standard InChI is InChI=1S/C13H24N4OS/c1-3-5-17-13(15-10-16-17)8-11(14-4-2)12-9-19-7-6-18-12/h10-12,14H,3-9H2,1-2H3. The second-order valence-electron chi connectivity index (χ2n) is 4.75. The molecule has 0 saturated carbocycles. The quantitative estimate of drug-likeness (QED) is 0.819. The molecule has 0 bridgehead atoms. The van der Waals surface area contributed by atoms with E-state index in [9.17, 15) is 0 Å². The number of likely N-dealkylation sites (N-methyl/N-ethyl adjacent to an activating group) is 1. The Bertz CT molecular complexity index is 365. The maximum Gasteiger partial charge on any atom is 0.138 e. The summed E-state index contributed by atoms with van der Waals surface area (Å²) < 4.78 is 7.91. The Balaban J connectivity index is 2.00. The summed E-state index contributed by atoms with van der Waals surface area (Å²) in [6, 6.07) is 0.331. The van der Waals surface area contributed by atoms with Crippen LogP contribution in [-0.4, -0.2) is 51.6 Å². The minimum atomic E-state index is 0.283. The van der Waals surface area contributed by atoms with Gasteiger partial charge in [-0.25, -0.2) is 4.98 Å². The molecular weight excluding hydrogens is 260 g/mol. The van der Waals surface area contributed by atoms with Gasteiger partial charge in [-0.3, -0.25) is 4.68 Å². The fourth-order valence-electron chi connectivity index (χ4n) is 2.38. The molecule has 1 N–H and O–H groups in total. The molecule has 0 aromatic carbocycles. The highest BCUT2D eigenvalue weighted by Crippen LogP contribution is 2.17. The first-order valence-corrected chi connectivity index (χ1v) is 8.30. The number of nitrogens with zero attached hydrogens (tertiary/aromatic N) is 3. The van der Waals surface area contributed by atoms with Gasteiger partial charge in [0.05, 0.1) is 12.7 Å². The lowest BCUT2D eigenvalue weighted by molar-refractivity contribution is 0.0468. The maximum absolute atomic E-state index is 5.90. The zero-order valence-electron chi connectivity index (χ0n) is 11.8. The highest BCUT2D eigenvalue weighted by Gasteiger charge is 2.25. The van der Waals surface area contributed by atoms with Crippen molar-refractivity contribution in [3.63, 3.8) is 0 Å². The molecule has 1 aliphatic heterocycles. The van der Waals surface area contributed by atoms with Crippen molar-refractivity contribution < 1.29 is 4.74 Å². The van der Waals surface area contributed by atoms with Gasteiger partial charge in [-0.1, -0.05) is 13.8 Å². The van der Waals surface area contributed by atoms with Crippen molar-refractivity contribution >= 4 is 11.8 Å². The number of thioether (sulfide) groups is 1. The first-order valence-electron chi connectivity index (χ1n) is 7.14. The molecule has 2 atom stereocenters. The third-order valence-corrected chi connectivity index (χ3v) is 4.31. The van der Waals surface area contributed by atoms with Crippen molar-refractivity contribution in [1.82, 2.24) is 20.1 Å². The van der Waals surface area contributed by atoms with Crippen LogP contribution in [0.1, 0.15) is 26.1 Å². The van der Waals surface area contributed by atoms with E-state index in [4.69, 9.17) is 4.74 Å². The first-order chi connectivity index (χ1) is 9.35. The molecule has 2 unspecified atom stereocenters. The van der Waals surface area contributed by atoms with Crippen molar-refractivity contribution in [1.29, 1.82) is 0 Å². The molecular formula is C13H24N4OS. The molecule has 0 spiro atoms. The average Bonchev–Trinajstić information content (AvgIpc) is 2.87. The summed E-state index contributed by atoms with van der Waals surface area (Å²) in [7, 11) is 0. The van der Waals surface area contributed by atoms with Gasteiger partial charge in [0.2, 0.25) is 0 Å². The zero-order chi connectivity index (χ0) is 13.5. The van der Waals surface area contributed by atoms with E-state index in [-0.39, 0.29) is 6.10 Å². The number of hydrogen-bond acceptors (Lipinski definition) is 5. The van der Waals surface area contributed by atoms with Crippen LogP contribution in [-0.2, 0) is 17.7 Å². The van der Waals surface area contributed by atoms with Gasteiger partial charge in [0.15, 0.2) is 0 Å². The van der Waals surface area contributed by atoms with Gasteiger partial charge >= 0.3 is 0 Å². The molecule has 2 heterocycles. The zero-order valence-corrected chi connectivity index (χ0v) is 12.7. The van der Waals surface area contributed by atoms with Crippen LogP contribution >= 0.6 is 11.8 Å². The van der Waals surface area contributed by atoms with Crippen molar-refractivity contribution in [3.05, 3.63) is 12.2 Å². The predicted molar refractivity (Wildman–Crippen MR) is 78.5 cm³/mol. The number of aromatic nitrogens is 3. The lowest BCUT2D eigenvalue weighted by Crippen LogP contribution is -2.46. The van der Waals surface area contributed by atoms with Crippen LogP contribution in [0.2, 0.25) is 0 Å². The van der Waals surface area contributed by atoms with E-state index in [1.807, 2.05) is 16.4 Å². The summed E-state index contributed by atoms with van der Waals surface area (Å²) in [5.74, 6) is 3.24. The molecule has 0 amide bonds. The molecule has 5 nitrogen and oxygen atoms in total. The largest absolute Gasteiger partial charge is 0.375 e. The van der Waals surface area contributed by atoms with Crippen LogP contribution in [0.25, 0.3) is 0 Å². The van der Waals surface area contributed by atoms with Crippen LogP contribution < -0.4 is 5.32 Å². The number of aryl methyl sites for hydroxylation is 1. The van der Waals surface area contributed by atoms with Crippen molar-refractivity contribution in [2.45, 2.75) is 45.4 Å². The number of hydrogen-bond donors (Lipinski definition) is 1. The Morgan fingerprint density at radius 3 is 3.16 bits per heavy atom. The van der Waals surface area contributed by atoms with Gasteiger partial charge in [0.25, 0.3) is 0 Å². The summed E-state index contributed by atoms with van der Waals surface area (Å²) in [6.07, 6.45) is 3.91. The monoisotopic (exact) mass is 284 g/mol. The third-order valence-electron chi connectivity index (χ3n) is 3.29. The van der Waals surface area contributed by atoms with Crippen LogP contribution in [0.3, 0.4) is 0 Å². The lowest BCUT2D eigenvalue weighted by Gasteiger charge is -2.30. The Morgan fingerprint density at radius 1 is 1.58 bits per heavy atom. The first kappa shape index (κ1) is 14.8. The molecule has 1 aliphatic rings. The molecule has 0 aliphatic carbocycles. The summed E-state index contributed by atoms with van der Waals surface area (Å²) in [4.78, 5) is 4.40. The Hall–Kier alpha value is -0.590. The van der Waals surface area contributed by atoms with Crippen LogP contribution in [0.5, 0.6) is 0 Å². The van der Waals surface area contributed by atoms with Gasteiger partial charge in [0, 0.05) is 30.5 Å². The minimum absolute atomic E-state index is 0.283. The predicted octanol–water partition coefficient (Wildman–Crippen LogP) is 1.34. The van der Waals surface area contributed by atoms with E-state index in [0.717, 1.165) is 49.9 Å². The SMILES string of the molecule is CCCn1ncnc1CC(NCC)C1CSCCO1. The van der Waals surface area contributed by atoms with E-state index >= 15 is 0 Å². The van der Waals surface area contributed by atoms with E-state index in [2.05, 4.69) is 29.2 Å². The minimum Gasteiger partial charge on any atom is -0.375 e. The molecule has 1 saturated heterocycles. The molecule has 2 rings (SSSR count). The second-order valence-corrected chi connectivity index (χ2v) is 5.90. The van der Waals surface area contributed by atoms with Gasteiger partial charge in [-0.2, -0.15) is 16.9 Å². The molecule has 19 heavy (non-hydrogen) atoms. The molecule has 6 heteroatoms. The van der Waals surface area contributed by atoms with Crippen LogP contribution in [0, 0.1) is 0 Å². The van der Waals surface area contributed by atoms with Crippen molar-refractivity contribution in [2.24, 2.45) is 0 Å². The highest BCUT2D eigenvalue weighted by atomic mass is 32.2. The van der Waals surface area contributed by atoms with Gasteiger partial charge in [-0.05, 0) is 13.0 Å². The normalized spacial score (nSPS) is 21.5. The lowest BCUT2D eigenvalue weighted by atomic mass is 10.1. The highest BCUT2D eigenvalue weighted by molar-refractivity contribution is 7.99. The Kier molecular flexibility index (Phi) is 6.13. The number of ether oxygens (including phenoxy) is 1. The second kappa shape index (κ2) is 7.87. The fraction of sp³-hybridized carbons (Fsp3) is 0.846. The summed E-state index contributed by atoms with van der Waals surface area (Å²) in [5, 5.41) is 7.84. The Morgan fingerprint density at radius 2 is 2.47 bits per heavy atom. The van der Waals surface area contributed by atoms with E-state index in [0.29, 0.717) is 6.04 Å². The fourth-order valence-corrected chi connectivity index (χ4v) is 3.32. The topological polar surface area (TPSA) is 52.0 Å². The Labute approximate surface area is 119 Å². The maximum atomic E-state index is 5.90. The number of nitrogens with one attached hydrogen (secondary N) is 1. The van der Waals surface area contributed by atoms with Crippen molar-refractivity contribution in [2.75, 3.05) is 24.7 Å². The van der Waals surface area contributed by atoms with Gasteiger partial charge < -0.3 is 10.1 Å². The summed E-state index contributed by atoms with van der Waals surface area (Å²) >= 11 is 1.98. The van der Waals surface area contributed by atoms with E-state index in [1.54, 1.807) is 6.33 Å². The summed E-state index contributed by atoms with van der Waals surface area (Å²) in [6.45, 7) is 7.05. The third kappa shape index (κ3) is 4.19. The average molecular weight is 284 g/mol. The smallest absolute Gasteiger partial charge is 0.138 e. The number of rotatable bonds is 7.